The number of carbonyl (C=O) groups is 2. The van der Waals surface area contributed by atoms with Crippen LogP contribution in [0.2, 0.25) is 0 Å². The summed E-state index contributed by atoms with van der Waals surface area (Å²) in [5.74, 6) is -1.43. The van der Waals surface area contributed by atoms with Gasteiger partial charge >= 0.3 is 5.97 Å². The van der Waals surface area contributed by atoms with E-state index in [9.17, 15) is 19.8 Å². The number of ketones is 1. The normalized spacial score (nSPS) is 10.7. The Morgan fingerprint density at radius 2 is 1.35 bits per heavy atom. The van der Waals surface area contributed by atoms with Crippen molar-refractivity contribution in [1.82, 2.24) is 0 Å². The van der Waals surface area contributed by atoms with Crippen LogP contribution in [-0.2, 0) is 0 Å². The van der Waals surface area contributed by atoms with Gasteiger partial charge in [0.25, 0.3) is 0 Å². The minimum absolute atomic E-state index is 0.0457. The smallest absolute Gasteiger partial charge is 0.336 e. The Labute approximate surface area is 185 Å². The van der Waals surface area contributed by atoms with E-state index in [1.54, 1.807) is 18.2 Å². The van der Waals surface area contributed by atoms with Crippen molar-refractivity contribution < 1.29 is 24.5 Å². The number of carbonyl (C=O) groups excluding carboxylic acids is 1. The van der Waals surface area contributed by atoms with Crippen LogP contribution in [0.5, 0.6) is 11.5 Å². The van der Waals surface area contributed by atoms with Crippen molar-refractivity contribution in [1.29, 1.82) is 0 Å². The highest BCUT2D eigenvalue weighted by atomic mass is 16.5. The summed E-state index contributed by atoms with van der Waals surface area (Å²) in [6, 6.07) is 10.5. The molecule has 0 unspecified atom stereocenters. The predicted molar refractivity (Wildman–Crippen MR) is 122 cm³/mol. The van der Waals surface area contributed by atoms with E-state index in [-0.39, 0.29) is 22.4 Å². The first-order chi connectivity index (χ1) is 15.0. The second-order valence-electron chi connectivity index (χ2n) is 7.89. The fourth-order valence-corrected chi connectivity index (χ4v) is 3.59. The summed E-state index contributed by atoms with van der Waals surface area (Å²) in [5.41, 5.74) is 0.0116. The summed E-state index contributed by atoms with van der Waals surface area (Å²) < 4.78 is 5.70. The summed E-state index contributed by atoms with van der Waals surface area (Å²) in [6.45, 7) is 2.80. The number of phenolic OH excluding ortho intramolecular Hbond substituents is 1. The molecule has 0 saturated heterocycles. The van der Waals surface area contributed by atoms with Crippen molar-refractivity contribution in [2.24, 2.45) is 0 Å². The third-order valence-corrected chi connectivity index (χ3v) is 5.38. The second kappa shape index (κ2) is 13.5. The number of phenols is 1. The van der Waals surface area contributed by atoms with Crippen molar-refractivity contribution in [2.75, 3.05) is 6.61 Å². The molecule has 2 aromatic carbocycles. The quantitative estimate of drug-likeness (QED) is 0.247. The molecule has 0 amide bonds. The standard InChI is InChI=1S/C26H34O5/c1-2-3-4-5-6-7-8-9-10-13-18-31-20-16-17-23(24(27)19-20)25(28)21-14-11-12-15-22(21)26(29)30/h11-12,14-17,19,27H,2-10,13,18H2,1H3,(H,29,30). The van der Waals surface area contributed by atoms with Crippen LogP contribution in [0.4, 0.5) is 0 Å². The Hall–Kier alpha value is -2.82. The van der Waals surface area contributed by atoms with E-state index in [0.29, 0.717) is 12.4 Å². The molecule has 5 heteroatoms. The fraction of sp³-hybridized carbons (Fsp3) is 0.462. The molecule has 0 bridgehead atoms. The number of ether oxygens (including phenoxy) is 1. The van der Waals surface area contributed by atoms with Gasteiger partial charge < -0.3 is 14.9 Å². The van der Waals surface area contributed by atoms with E-state index < -0.39 is 11.8 Å². The molecule has 0 aliphatic carbocycles. The van der Waals surface area contributed by atoms with E-state index in [1.807, 2.05) is 0 Å². The molecule has 31 heavy (non-hydrogen) atoms. The van der Waals surface area contributed by atoms with Crippen molar-refractivity contribution >= 4 is 11.8 Å². The second-order valence-corrected chi connectivity index (χ2v) is 7.89. The average molecular weight is 427 g/mol. The Morgan fingerprint density at radius 1 is 0.774 bits per heavy atom. The van der Waals surface area contributed by atoms with Gasteiger partial charge in [-0.3, -0.25) is 4.79 Å². The number of benzene rings is 2. The third kappa shape index (κ3) is 8.08. The number of hydrogen-bond donors (Lipinski definition) is 2. The first kappa shape index (κ1) is 24.4. The van der Waals surface area contributed by atoms with E-state index in [4.69, 9.17) is 4.74 Å². The summed E-state index contributed by atoms with van der Waals surface area (Å²) in [7, 11) is 0. The van der Waals surface area contributed by atoms with Gasteiger partial charge in [-0.15, -0.1) is 0 Å². The Morgan fingerprint density at radius 3 is 1.94 bits per heavy atom. The number of rotatable bonds is 15. The molecule has 2 N–H and O–H groups in total. The Kier molecular flexibility index (Phi) is 10.6. The Bertz CT molecular complexity index is 843. The zero-order chi connectivity index (χ0) is 22.5. The maximum absolute atomic E-state index is 12.7. The molecular formula is C26H34O5. The van der Waals surface area contributed by atoms with Crippen LogP contribution in [0, 0.1) is 0 Å². The molecule has 0 aromatic heterocycles. The average Bonchev–Trinajstić information content (AvgIpc) is 2.77. The molecule has 2 rings (SSSR count). The number of unbranched alkanes of at least 4 members (excludes halogenated alkanes) is 9. The van der Waals surface area contributed by atoms with E-state index >= 15 is 0 Å². The number of aromatic carboxylic acids is 1. The molecule has 0 saturated carbocycles. The topological polar surface area (TPSA) is 83.8 Å². The van der Waals surface area contributed by atoms with Crippen molar-refractivity contribution in [3.05, 3.63) is 59.2 Å². The Balaban J connectivity index is 1.75. The number of aromatic hydroxyl groups is 1. The van der Waals surface area contributed by atoms with Gasteiger partial charge in [0, 0.05) is 11.6 Å². The molecule has 0 heterocycles. The highest BCUT2D eigenvalue weighted by Gasteiger charge is 2.20. The molecule has 2 aromatic rings. The highest BCUT2D eigenvalue weighted by Crippen LogP contribution is 2.27. The van der Waals surface area contributed by atoms with Gasteiger partial charge in [-0.05, 0) is 24.6 Å². The minimum Gasteiger partial charge on any atom is -0.507 e. The lowest BCUT2D eigenvalue weighted by Gasteiger charge is -2.10. The number of carboxylic acids is 1. The lowest BCUT2D eigenvalue weighted by Crippen LogP contribution is -2.09. The zero-order valence-corrected chi connectivity index (χ0v) is 18.4. The fourth-order valence-electron chi connectivity index (χ4n) is 3.59. The summed E-state index contributed by atoms with van der Waals surface area (Å²) in [4.78, 5) is 24.0. The molecule has 0 aliphatic heterocycles. The van der Waals surface area contributed by atoms with Crippen molar-refractivity contribution in [3.63, 3.8) is 0 Å². The molecule has 0 spiro atoms. The van der Waals surface area contributed by atoms with Gasteiger partial charge in [-0.1, -0.05) is 82.9 Å². The van der Waals surface area contributed by atoms with E-state index in [0.717, 1.165) is 12.8 Å². The monoisotopic (exact) mass is 426 g/mol. The first-order valence-electron chi connectivity index (χ1n) is 11.4. The number of carboxylic acid groups (broad SMARTS) is 1. The SMILES string of the molecule is CCCCCCCCCCCCOc1ccc(C(=O)c2ccccc2C(=O)O)c(O)c1. The maximum atomic E-state index is 12.7. The third-order valence-electron chi connectivity index (χ3n) is 5.38. The van der Waals surface area contributed by atoms with Gasteiger partial charge in [0.1, 0.15) is 11.5 Å². The molecule has 0 aliphatic rings. The molecule has 5 nitrogen and oxygen atoms in total. The largest absolute Gasteiger partial charge is 0.507 e. The van der Waals surface area contributed by atoms with Gasteiger partial charge in [0.15, 0.2) is 5.78 Å². The van der Waals surface area contributed by atoms with Crippen LogP contribution in [0.25, 0.3) is 0 Å². The zero-order valence-electron chi connectivity index (χ0n) is 18.4. The summed E-state index contributed by atoms with van der Waals surface area (Å²) in [5, 5.41) is 19.6. The molecule has 0 atom stereocenters. The summed E-state index contributed by atoms with van der Waals surface area (Å²) >= 11 is 0. The van der Waals surface area contributed by atoms with Gasteiger partial charge in [0.05, 0.1) is 17.7 Å². The van der Waals surface area contributed by atoms with Gasteiger partial charge in [-0.2, -0.15) is 0 Å². The summed E-state index contributed by atoms with van der Waals surface area (Å²) in [6.07, 6.45) is 12.5. The molecule has 168 valence electrons. The maximum Gasteiger partial charge on any atom is 0.336 e. The van der Waals surface area contributed by atoms with Crippen LogP contribution in [0.1, 0.15) is 97.4 Å². The molecular weight excluding hydrogens is 392 g/mol. The van der Waals surface area contributed by atoms with Gasteiger partial charge in [0.2, 0.25) is 0 Å². The van der Waals surface area contributed by atoms with Crippen LogP contribution in [-0.4, -0.2) is 28.6 Å². The van der Waals surface area contributed by atoms with Crippen LogP contribution < -0.4 is 4.74 Å². The van der Waals surface area contributed by atoms with Crippen LogP contribution >= 0.6 is 0 Å². The van der Waals surface area contributed by atoms with E-state index in [2.05, 4.69) is 6.92 Å². The number of hydrogen-bond acceptors (Lipinski definition) is 4. The first-order valence-corrected chi connectivity index (χ1v) is 11.4. The lowest BCUT2D eigenvalue weighted by atomic mass is 9.97. The minimum atomic E-state index is -1.18. The van der Waals surface area contributed by atoms with Crippen LogP contribution in [0.15, 0.2) is 42.5 Å². The molecule has 0 fully saturated rings. The molecule has 0 radical (unpaired) electrons. The van der Waals surface area contributed by atoms with Crippen molar-refractivity contribution in [3.8, 4) is 11.5 Å². The van der Waals surface area contributed by atoms with Crippen molar-refractivity contribution in [2.45, 2.75) is 71.1 Å². The van der Waals surface area contributed by atoms with Crippen LogP contribution in [0.3, 0.4) is 0 Å². The lowest BCUT2D eigenvalue weighted by molar-refractivity contribution is 0.0692. The van der Waals surface area contributed by atoms with E-state index in [1.165, 1.54) is 75.6 Å². The predicted octanol–water partition coefficient (Wildman–Crippen LogP) is 6.62. The highest BCUT2D eigenvalue weighted by molar-refractivity contribution is 6.15. The van der Waals surface area contributed by atoms with Gasteiger partial charge in [-0.25, -0.2) is 4.79 Å².